The van der Waals surface area contributed by atoms with E-state index in [9.17, 15) is 10.1 Å². The Morgan fingerprint density at radius 1 is 1.53 bits per heavy atom. The summed E-state index contributed by atoms with van der Waals surface area (Å²) in [7, 11) is 0. The monoisotopic (exact) mass is 269 g/mol. The van der Waals surface area contributed by atoms with E-state index >= 15 is 0 Å². The van der Waals surface area contributed by atoms with Gasteiger partial charge in [-0.05, 0) is 24.2 Å². The second-order valence-corrected chi connectivity index (χ2v) is 4.66. The number of hydrogen-bond acceptors (Lipinski definition) is 6. The highest BCUT2D eigenvalue weighted by Crippen LogP contribution is 2.24. The molecule has 1 fully saturated rings. The molecule has 0 aromatic carbocycles. The number of hydrogen-bond donors (Lipinski definition) is 0. The molecule has 0 saturated carbocycles. The van der Waals surface area contributed by atoms with Crippen molar-refractivity contribution < 1.29 is 19.1 Å². The standard InChI is InChI=1S/C11H15N3O5/c15-14(16)9-6-13-5-8(7-18-11(13)12-9)19-10-3-1-2-4-17-10/h6,8,10H,1-5,7H2. The van der Waals surface area contributed by atoms with E-state index in [1.807, 2.05) is 0 Å². The summed E-state index contributed by atoms with van der Waals surface area (Å²) >= 11 is 0. The third kappa shape index (κ3) is 2.69. The Hall–Kier alpha value is -1.67. The predicted octanol–water partition coefficient (Wildman–Crippen LogP) is 1.10. The van der Waals surface area contributed by atoms with Gasteiger partial charge in [0.15, 0.2) is 6.29 Å². The van der Waals surface area contributed by atoms with Crippen molar-refractivity contribution >= 4 is 5.82 Å². The molecule has 2 atom stereocenters. The van der Waals surface area contributed by atoms with E-state index in [-0.39, 0.29) is 24.2 Å². The fourth-order valence-electron chi connectivity index (χ4n) is 2.27. The SMILES string of the molecule is O=[N+]([O-])c1cn2c(n1)OCC(OC1CCCCO1)C2. The lowest BCUT2D eigenvalue weighted by molar-refractivity contribution is -0.389. The van der Waals surface area contributed by atoms with Crippen molar-refractivity contribution in [2.45, 2.75) is 38.2 Å². The summed E-state index contributed by atoms with van der Waals surface area (Å²) in [4.78, 5) is 13.9. The second kappa shape index (κ2) is 5.14. The zero-order valence-electron chi connectivity index (χ0n) is 10.4. The second-order valence-electron chi connectivity index (χ2n) is 4.66. The first kappa shape index (κ1) is 12.4. The molecule has 1 saturated heterocycles. The smallest absolute Gasteiger partial charge is 0.414 e. The molecule has 2 aliphatic rings. The summed E-state index contributed by atoms with van der Waals surface area (Å²) in [5.74, 6) is -0.204. The molecule has 8 heteroatoms. The Kier molecular flexibility index (Phi) is 3.34. The maximum atomic E-state index is 10.6. The number of fused-ring (bicyclic) bond motifs is 1. The Bertz CT molecular complexity index is 469. The number of imidazole rings is 1. The molecule has 19 heavy (non-hydrogen) atoms. The molecule has 0 spiro atoms. The summed E-state index contributed by atoms with van der Waals surface area (Å²) in [6, 6.07) is 0.274. The van der Waals surface area contributed by atoms with Crippen molar-refractivity contribution in [3.63, 3.8) is 0 Å². The number of nitrogens with zero attached hydrogens (tertiary/aromatic N) is 3. The van der Waals surface area contributed by atoms with Crippen LogP contribution >= 0.6 is 0 Å². The lowest BCUT2D eigenvalue weighted by Crippen LogP contribution is -2.37. The van der Waals surface area contributed by atoms with Gasteiger partial charge in [0, 0.05) is 11.6 Å². The van der Waals surface area contributed by atoms with Gasteiger partial charge in [0.1, 0.15) is 18.9 Å². The molecule has 2 unspecified atom stereocenters. The van der Waals surface area contributed by atoms with Crippen LogP contribution in [0.2, 0.25) is 0 Å². The summed E-state index contributed by atoms with van der Waals surface area (Å²) in [5, 5.41) is 10.6. The van der Waals surface area contributed by atoms with Crippen LogP contribution in [0.15, 0.2) is 6.20 Å². The molecule has 0 N–H and O–H groups in total. The first-order valence-corrected chi connectivity index (χ1v) is 6.34. The van der Waals surface area contributed by atoms with Crippen LogP contribution in [-0.2, 0) is 16.0 Å². The normalized spacial score (nSPS) is 26.5. The van der Waals surface area contributed by atoms with Gasteiger partial charge in [-0.1, -0.05) is 0 Å². The fraction of sp³-hybridized carbons (Fsp3) is 0.727. The molecule has 2 aliphatic heterocycles. The van der Waals surface area contributed by atoms with Gasteiger partial charge in [-0.2, -0.15) is 0 Å². The first-order chi connectivity index (χ1) is 9.22. The summed E-state index contributed by atoms with van der Waals surface area (Å²) in [5.41, 5.74) is 0. The highest BCUT2D eigenvalue weighted by Gasteiger charge is 2.30. The molecule has 0 bridgehead atoms. The zero-order valence-corrected chi connectivity index (χ0v) is 10.4. The summed E-state index contributed by atoms with van der Waals surface area (Å²) in [6.07, 6.45) is 4.06. The Morgan fingerprint density at radius 3 is 3.16 bits per heavy atom. The molecule has 3 rings (SSSR count). The minimum atomic E-state index is -0.533. The van der Waals surface area contributed by atoms with Gasteiger partial charge in [0.2, 0.25) is 0 Å². The van der Waals surface area contributed by atoms with Gasteiger partial charge in [-0.15, -0.1) is 0 Å². The van der Waals surface area contributed by atoms with Gasteiger partial charge in [0.25, 0.3) is 0 Å². The molecule has 0 amide bonds. The molecule has 8 nitrogen and oxygen atoms in total. The van der Waals surface area contributed by atoms with Crippen molar-refractivity contribution in [2.24, 2.45) is 0 Å². The van der Waals surface area contributed by atoms with Crippen molar-refractivity contribution in [1.29, 1.82) is 0 Å². The van der Waals surface area contributed by atoms with Crippen LogP contribution < -0.4 is 4.74 Å². The average Bonchev–Trinajstić information content (AvgIpc) is 2.83. The Balaban J connectivity index is 1.63. The maximum Gasteiger partial charge on any atom is 0.414 e. The quantitative estimate of drug-likeness (QED) is 0.603. The van der Waals surface area contributed by atoms with E-state index in [1.54, 1.807) is 4.57 Å². The van der Waals surface area contributed by atoms with Gasteiger partial charge in [0.05, 0.1) is 6.54 Å². The molecule has 104 valence electrons. The highest BCUT2D eigenvalue weighted by molar-refractivity contribution is 5.21. The highest BCUT2D eigenvalue weighted by atomic mass is 16.7. The van der Waals surface area contributed by atoms with E-state index in [0.29, 0.717) is 13.2 Å². The van der Waals surface area contributed by atoms with Crippen molar-refractivity contribution in [2.75, 3.05) is 13.2 Å². The van der Waals surface area contributed by atoms with Crippen LogP contribution in [-0.4, -0.2) is 40.1 Å². The predicted molar refractivity (Wildman–Crippen MR) is 62.8 cm³/mol. The Labute approximate surface area is 109 Å². The Morgan fingerprint density at radius 2 is 2.42 bits per heavy atom. The third-order valence-corrected chi connectivity index (χ3v) is 3.20. The van der Waals surface area contributed by atoms with Crippen LogP contribution in [0.5, 0.6) is 6.01 Å². The van der Waals surface area contributed by atoms with Gasteiger partial charge >= 0.3 is 11.8 Å². The van der Waals surface area contributed by atoms with Crippen LogP contribution in [0.3, 0.4) is 0 Å². The van der Waals surface area contributed by atoms with Gasteiger partial charge in [-0.25, -0.2) is 0 Å². The van der Waals surface area contributed by atoms with Gasteiger partial charge in [-0.3, -0.25) is 4.57 Å². The van der Waals surface area contributed by atoms with Gasteiger partial charge < -0.3 is 24.3 Å². The summed E-state index contributed by atoms with van der Waals surface area (Å²) in [6.45, 7) is 1.56. The lowest BCUT2D eigenvalue weighted by atomic mass is 10.2. The molecule has 1 aromatic rings. The molecule has 3 heterocycles. The average molecular weight is 269 g/mol. The van der Waals surface area contributed by atoms with E-state index in [1.165, 1.54) is 6.20 Å². The molecular weight excluding hydrogens is 254 g/mol. The third-order valence-electron chi connectivity index (χ3n) is 3.20. The van der Waals surface area contributed by atoms with Crippen LogP contribution in [0.1, 0.15) is 19.3 Å². The molecule has 0 radical (unpaired) electrons. The maximum absolute atomic E-state index is 10.6. The van der Waals surface area contributed by atoms with E-state index < -0.39 is 4.92 Å². The van der Waals surface area contributed by atoms with Crippen LogP contribution in [0.25, 0.3) is 0 Å². The summed E-state index contributed by atoms with van der Waals surface area (Å²) < 4.78 is 18.3. The number of ether oxygens (including phenoxy) is 3. The number of rotatable bonds is 3. The van der Waals surface area contributed by atoms with E-state index in [4.69, 9.17) is 14.2 Å². The van der Waals surface area contributed by atoms with E-state index in [2.05, 4.69) is 4.98 Å². The van der Waals surface area contributed by atoms with Crippen LogP contribution in [0, 0.1) is 10.1 Å². The minimum absolute atomic E-state index is 0.163. The first-order valence-electron chi connectivity index (χ1n) is 6.34. The molecular formula is C11H15N3O5. The minimum Gasteiger partial charge on any atom is -0.443 e. The van der Waals surface area contributed by atoms with E-state index in [0.717, 1.165) is 25.9 Å². The fourth-order valence-corrected chi connectivity index (χ4v) is 2.27. The zero-order chi connectivity index (χ0) is 13.2. The van der Waals surface area contributed by atoms with Crippen LogP contribution in [0.4, 0.5) is 5.82 Å². The molecule has 1 aromatic heterocycles. The van der Waals surface area contributed by atoms with Crippen molar-refractivity contribution in [3.8, 4) is 6.01 Å². The largest absolute Gasteiger partial charge is 0.443 e. The topological polar surface area (TPSA) is 88.7 Å². The van der Waals surface area contributed by atoms with Crippen molar-refractivity contribution in [3.05, 3.63) is 16.3 Å². The lowest BCUT2D eigenvalue weighted by Gasteiger charge is -2.29. The molecule has 0 aliphatic carbocycles. The number of nitro groups is 1. The number of aromatic nitrogens is 2. The van der Waals surface area contributed by atoms with Crippen molar-refractivity contribution in [1.82, 2.24) is 9.55 Å².